The minimum atomic E-state index is 0.950. The Labute approximate surface area is 202 Å². The molecule has 2 nitrogen and oxygen atoms in total. The fourth-order valence-corrected chi connectivity index (χ4v) is 4.37. The van der Waals surface area contributed by atoms with E-state index in [9.17, 15) is 0 Å². The van der Waals surface area contributed by atoms with Crippen molar-refractivity contribution in [2.45, 2.75) is 26.2 Å². The molecule has 2 heterocycles. The highest BCUT2D eigenvalue weighted by atomic mass is 15.1. The fourth-order valence-electron chi connectivity index (χ4n) is 4.37. The molecule has 2 heteroatoms. The lowest BCUT2D eigenvalue weighted by molar-refractivity contribution is -0.576. The molecule has 0 saturated carbocycles. The molecule has 3 aromatic carbocycles. The van der Waals surface area contributed by atoms with Crippen molar-refractivity contribution >= 4 is 0 Å². The summed E-state index contributed by atoms with van der Waals surface area (Å²) in [5, 5.41) is 0. The molecule has 0 amide bonds. The summed E-state index contributed by atoms with van der Waals surface area (Å²) in [6.45, 7) is 2.22. The number of unbranched alkanes of at least 4 members (excludes halogenated alkanes) is 1. The normalized spacial score (nSPS) is 10.9. The highest BCUT2D eigenvalue weighted by Gasteiger charge is 2.23. The maximum absolute atomic E-state index is 5.12. The van der Waals surface area contributed by atoms with Crippen molar-refractivity contribution < 1.29 is 4.57 Å². The van der Waals surface area contributed by atoms with Gasteiger partial charge in [-0.05, 0) is 46.8 Å². The van der Waals surface area contributed by atoms with Crippen LogP contribution in [0.15, 0.2) is 121 Å². The zero-order valence-electron chi connectivity index (χ0n) is 19.6. The summed E-state index contributed by atoms with van der Waals surface area (Å²) in [6, 6.07) is 42.8. The molecule has 0 radical (unpaired) electrons. The van der Waals surface area contributed by atoms with Crippen LogP contribution in [0.1, 0.15) is 25.5 Å². The molecule has 0 fully saturated rings. The summed E-state index contributed by atoms with van der Waals surface area (Å²) in [5.41, 5.74) is 8.11. The summed E-state index contributed by atoms with van der Waals surface area (Å²) in [7, 11) is 0. The second kappa shape index (κ2) is 10.3. The van der Waals surface area contributed by atoms with E-state index >= 15 is 0 Å². The van der Waals surface area contributed by atoms with Gasteiger partial charge in [-0.15, -0.1) is 0 Å². The number of nitrogens with zero attached hydrogens (tertiary/aromatic N) is 2. The highest BCUT2D eigenvalue weighted by molar-refractivity contribution is 5.74. The molecular weight excluding hydrogens is 412 g/mol. The number of aromatic nitrogens is 2. The van der Waals surface area contributed by atoms with Crippen molar-refractivity contribution in [1.82, 2.24) is 4.98 Å². The summed E-state index contributed by atoms with van der Waals surface area (Å²) in [4.78, 5) is 5.12. The SMILES string of the molecule is CCCCc1cccc(-[n+]2c(-c3ccccc3)cc(-c3ccccc3)cc2-c2ccccc2)n1. The number of pyridine rings is 2. The second-order valence-electron chi connectivity index (χ2n) is 8.54. The Hall–Kier alpha value is -4.04. The standard InChI is InChI=1S/C32H29N2/c1-2-3-20-29-21-13-22-32(33-29)34-30(26-16-9-5-10-17-26)23-28(25-14-7-4-8-15-25)24-31(34)27-18-11-6-12-19-27/h4-19,21-24H,2-3,20H2,1H3/q+1. The first-order chi connectivity index (χ1) is 16.8. The number of benzene rings is 3. The molecule has 34 heavy (non-hydrogen) atoms. The van der Waals surface area contributed by atoms with Crippen LogP contribution >= 0.6 is 0 Å². The molecule has 5 aromatic rings. The van der Waals surface area contributed by atoms with Crippen LogP contribution in [0.25, 0.3) is 39.5 Å². The molecule has 0 aliphatic heterocycles. The average Bonchev–Trinajstić information content (AvgIpc) is 2.93. The van der Waals surface area contributed by atoms with Gasteiger partial charge in [-0.2, -0.15) is 4.57 Å². The van der Waals surface area contributed by atoms with Crippen molar-refractivity contribution in [3.05, 3.63) is 127 Å². The number of aryl methyl sites for hydroxylation is 1. The number of hydrogen-bond acceptors (Lipinski definition) is 1. The Bertz CT molecular complexity index is 1300. The first kappa shape index (κ1) is 21.8. The molecule has 0 N–H and O–H groups in total. The molecular formula is C32H29N2+. The zero-order chi connectivity index (χ0) is 23.2. The van der Waals surface area contributed by atoms with Crippen molar-refractivity contribution in [3.63, 3.8) is 0 Å². The van der Waals surface area contributed by atoms with Gasteiger partial charge in [0.25, 0.3) is 0 Å². The predicted octanol–water partition coefficient (Wildman–Crippen LogP) is 7.70. The van der Waals surface area contributed by atoms with Crippen LogP contribution in [-0.2, 0) is 6.42 Å². The summed E-state index contributed by atoms with van der Waals surface area (Å²) in [6.07, 6.45) is 3.30. The molecule has 5 rings (SSSR count). The third kappa shape index (κ3) is 4.67. The van der Waals surface area contributed by atoms with Crippen LogP contribution < -0.4 is 4.57 Å². The van der Waals surface area contributed by atoms with Gasteiger partial charge in [0.15, 0.2) is 5.69 Å². The van der Waals surface area contributed by atoms with Gasteiger partial charge in [-0.25, -0.2) is 0 Å². The van der Waals surface area contributed by atoms with E-state index in [1.165, 1.54) is 22.3 Å². The Balaban J connectivity index is 1.81. The van der Waals surface area contributed by atoms with E-state index < -0.39 is 0 Å². The van der Waals surface area contributed by atoms with Gasteiger partial charge in [-0.3, -0.25) is 0 Å². The largest absolute Gasteiger partial charge is 0.328 e. The Kier molecular flexibility index (Phi) is 6.58. The van der Waals surface area contributed by atoms with Gasteiger partial charge >= 0.3 is 5.82 Å². The quantitative estimate of drug-likeness (QED) is 0.236. The minimum Gasteiger partial charge on any atom is -0.188 e. The molecule has 0 aliphatic carbocycles. The lowest BCUT2D eigenvalue weighted by Crippen LogP contribution is -2.37. The van der Waals surface area contributed by atoms with Crippen molar-refractivity contribution in [3.8, 4) is 39.5 Å². The minimum absolute atomic E-state index is 0.950. The summed E-state index contributed by atoms with van der Waals surface area (Å²) < 4.78 is 2.31. The zero-order valence-corrected chi connectivity index (χ0v) is 19.6. The molecule has 0 atom stereocenters. The number of rotatable bonds is 7. The van der Waals surface area contributed by atoms with Gasteiger partial charge in [0.1, 0.15) is 11.4 Å². The topological polar surface area (TPSA) is 16.8 Å². The van der Waals surface area contributed by atoms with Gasteiger partial charge in [0.2, 0.25) is 0 Å². The lowest BCUT2D eigenvalue weighted by atomic mass is 9.99. The second-order valence-corrected chi connectivity index (χ2v) is 8.54. The molecule has 0 aliphatic rings. The number of hydrogen-bond donors (Lipinski definition) is 0. The molecule has 0 spiro atoms. The molecule has 0 bridgehead atoms. The molecule has 0 unspecified atom stereocenters. The smallest absolute Gasteiger partial charge is 0.188 e. The van der Waals surface area contributed by atoms with Gasteiger partial charge in [0.05, 0.1) is 0 Å². The van der Waals surface area contributed by atoms with Crippen molar-refractivity contribution in [1.29, 1.82) is 0 Å². The van der Waals surface area contributed by atoms with Crippen LogP contribution in [0, 0.1) is 0 Å². The maximum Gasteiger partial charge on any atom is 0.328 e. The molecule has 166 valence electrons. The Morgan fingerprint density at radius 2 is 1.09 bits per heavy atom. The lowest BCUT2D eigenvalue weighted by Gasteiger charge is -2.15. The van der Waals surface area contributed by atoms with Crippen LogP contribution in [0.4, 0.5) is 0 Å². The van der Waals surface area contributed by atoms with Crippen molar-refractivity contribution in [2.24, 2.45) is 0 Å². The average molecular weight is 442 g/mol. The first-order valence-electron chi connectivity index (χ1n) is 12.1. The van der Waals surface area contributed by atoms with Gasteiger partial charge in [0, 0.05) is 23.6 Å². The summed E-state index contributed by atoms with van der Waals surface area (Å²) in [5.74, 6) is 0.950. The third-order valence-electron chi connectivity index (χ3n) is 6.12. The first-order valence-corrected chi connectivity index (χ1v) is 12.1. The van der Waals surface area contributed by atoms with Crippen molar-refractivity contribution in [2.75, 3.05) is 0 Å². The molecule has 2 aromatic heterocycles. The Morgan fingerprint density at radius 3 is 1.62 bits per heavy atom. The monoisotopic (exact) mass is 441 g/mol. The maximum atomic E-state index is 5.12. The van der Waals surface area contributed by atoms with Crippen LogP contribution in [0.3, 0.4) is 0 Å². The van der Waals surface area contributed by atoms with E-state index in [1.54, 1.807) is 0 Å². The van der Waals surface area contributed by atoms with E-state index in [-0.39, 0.29) is 0 Å². The van der Waals surface area contributed by atoms with E-state index in [0.717, 1.165) is 42.2 Å². The van der Waals surface area contributed by atoms with E-state index in [4.69, 9.17) is 4.98 Å². The molecule has 0 saturated heterocycles. The van der Waals surface area contributed by atoms with Crippen LogP contribution in [0.5, 0.6) is 0 Å². The Morgan fingerprint density at radius 1 is 0.559 bits per heavy atom. The predicted molar refractivity (Wildman–Crippen MR) is 141 cm³/mol. The third-order valence-corrected chi connectivity index (χ3v) is 6.12. The van der Waals surface area contributed by atoms with E-state index in [2.05, 4.69) is 133 Å². The summed E-state index contributed by atoms with van der Waals surface area (Å²) >= 11 is 0. The fraction of sp³-hybridized carbons (Fsp3) is 0.125. The van der Waals surface area contributed by atoms with Gasteiger partial charge in [-0.1, -0.05) is 104 Å². The highest BCUT2D eigenvalue weighted by Crippen LogP contribution is 2.30. The van der Waals surface area contributed by atoms with E-state index in [0.29, 0.717) is 0 Å². The van der Waals surface area contributed by atoms with Crippen LogP contribution in [-0.4, -0.2) is 4.98 Å². The van der Waals surface area contributed by atoms with Crippen LogP contribution in [0.2, 0.25) is 0 Å². The van der Waals surface area contributed by atoms with Gasteiger partial charge < -0.3 is 0 Å². The van der Waals surface area contributed by atoms with E-state index in [1.807, 2.05) is 0 Å².